The van der Waals surface area contributed by atoms with E-state index in [1.54, 1.807) is 0 Å². The molecule has 3 aromatic rings. The highest BCUT2D eigenvalue weighted by molar-refractivity contribution is 5.95. The molecule has 25 heavy (non-hydrogen) atoms. The quantitative estimate of drug-likeness (QED) is 0.616. The monoisotopic (exact) mass is 334 g/mol. The molecule has 2 aromatic carbocycles. The fourth-order valence-corrected chi connectivity index (χ4v) is 2.73. The second-order valence-electron chi connectivity index (χ2n) is 6.10. The third-order valence-electron chi connectivity index (χ3n) is 4.09. The lowest BCUT2D eigenvalue weighted by Gasteiger charge is -2.09. The van der Waals surface area contributed by atoms with Gasteiger partial charge in [0, 0.05) is 17.7 Å². The van der Waals surface area contributed by atoms with E-state index in [1.807, 2.05) is 74.0 Å². The lowest BCUT2D eigenvalue weighted by Crippen LogP contribution is -2.01. The number of hydrogen-bond donors (Lipinski definition) is 0. The summed E-state index contributed by atoms with van der Waals surface area (Å²) in [6.07, 6.45) is 0.516. The smallest absolute Gasteiger partial charge is 0.162 e. The zero-order valence-electron chi connectivity index (χ0n) is 14.8. The molecular weight excluding hydrogens is 312 g/mol. The zero-order chi connectivity index (χ0) is 17.8. The maximum atomic E-state index is 11.6. The van der Waals surface area contributed by atoms with Crippen molar-refractivity contribution in [2.45, 2.75) is 33.8 Å². The normalized spacial score (nSPS) is 10.7. The molecule has 0 aliphatic heterocycles. The molecule has 0 N–H and O–H groups in total. The van der Waals surface area contributed by atoms with Crippen molar-refractivity contribution in [1.82, 2.24) is 9.78 Å². The van der Waals surface area contributed by atoms with E-state index in [9.17, 15) is 4.79 Å². The number of ketones is 1. The Morgan fingerprint density at radius 2 is 1.72 bits per heavy atom. The predicted octanol–water partition coefficient (Wildman–Crippen LogP) is 4.66. The largest absolute Gasteiger partial charge is 0.489 e. The summed E-state index contributed by atoms with van der Waals surface area (Å²) in [5, 5.41) is 4.49. The molecule has 4 nitrogen and oxygen atoms in total. The SMILES string of the molecule is CCC(=O)c1ccc(OCc2ccc(-n3nc(C)cc3C)cc2)cc1. The summed E-state index contributed by atoms with van der Waals surface area (Å²) in [5.41, 5.74) is 4.97. The molecule has 0 saturated heterocycles. The minimum atomic E-state index is 0.145. The number of nitrogens with zero attached hydrogens (tertiary/aromatic N) is 2. The van der Waals surface area contributed by atoms with Gasteiger partial charge in [0.05, 0.1) is 11.4 Å². The highest BCUT2D eigenvalue weighted by atomic mass is 16.5. The zero-order valence-corrected chi connectivity index (χ0v) is 14.8. The van der Waals surface area contributed by atoms with E-state index in [4.69, 9.17) is 4.74 Å². The Kier molecular flexibility index (Phi) is 4.98. The number of aromatic nitrogens is 2. The van der Waals surface area contributed by atoms with Crippen molar-refractivity contribution in [2.24, 2.45) is 0 Å². The van der Waals surface area contributed by atoms with Crippen LogP contribution in [-0.2, 0) is 6.61 Å². The van der Waals surface area contributed by atoms with Crippen molar-refractivity contribution >= 4 is 5.78 Å². The summed E-state index contributed by atoms with van der Waals surface area (Å²) in [4.78, 5) is 11.6. The van der Waals surface area contributed by atoms with Crippen molar-refractivity contribution in [1.29, 1.82) is 0 Å². The van der Waals surface area contributed by atoms with E-state index in [2.05, 4.69) is 11.2 Å². The highest BCUT2D eigenvalue weighted by Crippen LogP contribution is 2.17. The number of hydrogen-bond acceptors (Lipinski definition) is 3. The molecule has 128 valence electrons. The molecule has 0 atom stereocenters. The van der Waals surface area contributed by atoms with E-state index in [0.29, 0.717) is 13.0 Å². The number of carbonyl (C=O) groups excluding carboxylic acids is 1. The summed E-state index contributed by atoms with van der Waals surface area (Å²) in [6.45, 7) is 6.38. The molecule has 0 bridgehead atoms. The third-order valence-corrected chi connectivity index (χ3v) is 4.09. The van der Waals surface area contributed by atoms with Crippen molar-refractivity contribution in [3.8, 4) is 11.4 Å². The molecule has 0 saturated carbocycles. The molecule has 0 spiro atoms. The van der Waals surface area contributed by atoms with Crippen LogP contribution in [0.3, 0.4) is 0 Å². The Morgan fingerprint density at radius 3 is 2.28 bits per heavy atom. The van der Waals surface area contributed by atoms with Gasteiger partial charge in [0.25, 0.3) is 0 Å². The molecule has 0 unspecified atom stereocenters. The van der Waals surface area contributed by atoms with Crippen LogP contribution in [0.25, 0.3) is 5.69 Å². The second kappa shape index (κ2) is 7.34. The number of carbonyl (C=O) groups is 1. The Bertz CT molecular complexity index is 862. The number of benzene rings is 2. The van der Waals surface area contributed by atoms with Gasteiger partial charge in [-0.3, -0.25) is 4.79 Å². The van der Waals surface area contributed by atoms with E-state index in [1.165, 1.54) is 0 Å². The van der Waals surface area contributed by atoms with E-state index < -0.39 is 0 Å². The van der Waals surface area contributed by atoms with E-state index >= 15 is 0 Å². The number of aryl methyl sites for hydroxylation is 2. The van der Waals surface area contributed by atoms with Crippen molar-refractivity contribution in [3.05, 3.63) is 77.1 Å². The third kappa shape index (κ3) is 3.97. The first-order valence-corrected chi connectivity index (χ1v) is 8.45. The first kappa shape index (κ1) is 17.0. The lowest BCUT2D eigenvalue weighted by atomic mass is 10.1. The molecule has 1 heterocycles. The Balaban J connectivity index is 1.64. The summed E-state index contributed by atoms with van der Waals surface area (Å²) in [5.74, 6) is 0.904. The molecule has 0 amide bonds. The molecule has 0 radical (unpaired) electrons. The van der Waals surface area contributed by atoms with Gasteiger partial charge in [-0.25, -0.2) is 4.68 Å². The number of rotatable bonds is 6. The van der Waals surface area contributed by atoms with E-state index in [-0.39, 0.29) is 5.78 Å². The average molecular weight is 334 g/mol. The van der Waals surface area contributed by atoms with Gasteiger partial charge in [-0.15, -0.1) is 0 Å². The maximum Gasteiger partial charge on any atom is 0.162 e. The van der Waals surface area contributed by atoms with E-state index in [0.717, 1.165) is 34.0 Å². The summed E-state index contributed by atoms with van der Waals surface area (Å²) >= 11 is 0. The fraction of sp³-hybridized carbons (Fsp3) is 0.238. The number of Topliss-reactive ketones (excluding diaryl/α,β-unsaturated/α-hetero) is 1. The van der Waals surface area contributed by atoms with Crippen molar-refractivity contribution in [3.63, 3.8) is 0 Å². The topological polar surface area (TPSA) is 44.1 Å². The first-order chi connectivity index (χ1) is 12.1. The van der Waals surface area contributed by atoms with Gasteiger partial charge < -0.3 is 4.74 Å². The Morgan fingerprint density at radius 1 is 1.04 bits per heavy atom. The van der Waals surface area contributed by atoms with Crippen LogP contribution in [0.5, 0.6) is 5.75 Å². The summed E-state index contributed by atoms with van der Waals surface area (Å²) in [7, 11) is 0. The van der Waals surface area contributed by atoms with Gasteiger partial charge in [-0.05, 0) is 61.9 Å². The second-order valence-corrected chi connectivity index (χ2v) is 6.10. The Hall–Kier alpha value is -2.88. The van der Waals surface area contributed by atoms with Crippen molar-refractivity contribution in [2.75, 3.05) is 0 Å². The van der Waals surface area contributed by atoms with Crippen LogP contribution in [0, 0.1) is 13.8 Å². The molecule has 0 aliphatic rings. The minimum Gasteiger partial charge on any atom is -0.489 e. The molecular formula is C21H22N2O2. The molecule has 1 aromatic heterocycles. The first-order valence-electron chi connectivity index (χ1n) is 8.45. The average Bonchev–Trinajstić information content (AvgIpc) is 2.98. The van der Waals surface area contributed by atoms with Gasteiger partial charge in [0.15, 0.2) is 5.78 Å². The molecule has 0 aliphatic carbocycles. The van der Waals surface area contributed by atoms with Gasteiger partial charge in [-0.2, -0.15) is 5.10 Å². The Labute approximate surface area is 148 Å². The van der Waals surface area contributed by atoms with Crippen LogP contribution in [0.1, 0.15) is 40.7 Å². The predicted molar refractivity (Wildman–Crippen MR) is 98.4 cm³/mol. The van der Waals surface area contributed by atoms with Crippen LogP contribution < -0.4 is 4.74 Å². The molecule has 0 fully saturated rings. The number of ether oxygens (including phenoxy) is 1. The van der Waals surface area contributed by atoms with Crippen LogP contribution in [0.15, 0.2) is 54.6 Å². The standard InChI is InChI=1S/C21H22N2O2/c1-4-21(24)18-7-11-20(12-8-18)25-14-17-5-9-19(10-6-17)23-16(3)13-15(2)22-23/h5-13H,4,14H2,1-3H3. The summed E-state index contributed by atoms with van der Waals surface area (Å²) in [6, 6.07) is 17.5. The van der Waals surface area contributed by atoms with Gasteiger partial charge in [0.1, 0.15) is 12.4 Å². The van der Waals surface area contributed by atoms with Crippen LogP contribution >= 0.6 is 0 Å². The molecule has 3 rings (SSSR count). The summed E-state index contributed by atoms with van der Waals surface area (Å²) < 4.78 is 7.73. The van der Waals surface area contributed by atoms with Crippen molar-refractivity contribution < 1.29 is 9.53 Å². The van der Waals surface area contributed by atoms with Gasteiger partial charge >= 0.3 is 0 Å². The van der Waals surface area contributed by atoms with Gasteiger partial charge in [-0.1, -0.05) is 19.1 Å². The van der Waals surface area contributed by atoms with Crippen LogP contribution in [0.2, 0.25) is 0 Å². The minimum absolute atomic E-state index is 0.145. The van der Waals surface area contributed by atoms with Gasteiger partial charge in [0.2, 0.25) is 0 Å². The van der Waals surface area contributed by atoms with Crippen LogP contribution in [-0.4, -0.2) is 15.6 Å². The van der Waals surface area contributed by atoms with Crippen LogP contribution in [0.4, 0.5) is 0 Å². The molecule has 4 heteroatoms. The highest BCUT2D eigenvalue weighted by Gasteiger charge is 2.05. The lowest BCUT2D eigenvalue weighted by molar-refractivity contribution is 0.0988. The fourth-order valence-electron chi connectivity index (χ4n) is 2.73. The maximum absolute atomic E-state index is 11.6.